The van der Waals surface area contributed by atoms with E-state index in [1.807, 2.05) is 0 Å². The Labute approximate surface area is 205 Å². The quantitative estimate of drug-likeness (QED) is 0.490. The molecular formula is C23H29Cl2N3O4S. The fourth-order valence-electron chi connectivity index (χ4n) is 3.34. The smallest absolute Gasteiger partial charge is 0.242 e. The Morgan fingerprint density at radius 2 is 1.76 bits per heavy atom. The number of amides is 2. The van der Waals surface area contributed by atoms with E-state index in [1.165, 1.54) is 9.21 Å². The number of carbonyl (C=O) groups excluding carboxylic acids is 2. The molecule has 0 fully saturated rings. The molecule has 0 radical (unpaired) electrons. The monoisotopic (exact) mass is 513 g/mol. The van der Waals surface area contributed by atoms with Crippen LogP contribution in [0.3, 0.4) is 0 Å². The third-order valence-corrected chi connectivity index (χ3v) is 6.85. The molecule has 2 amide bonds. The van der Waals surface area contributed by atoms with E-state index in [9.17, 15) is 18.0 Å². The number of benzene rings is 2. The molecule has 0 bridgehead atoms. The summed E-state index contributed by atoms with van der Waals surface area (Å²) in [5, 5.41) is 3.60. The first-order valence-electron chi connectivity index (χ1n) is 10.6. The van der Waals surface area contributed by atoms with Crippen molar-refractivity contribution in [2.75, 3.05) is 23.7 Å². The van der Waals surface area contributed by atoms with Crippen LogP contribution in [0.5, 0.6) is 0 Å². The van der Waals surface area contributed by atoms with Crippen molar-refractivity contribution in [2.24, 2.45) is 0 Å². The van der Waals surface area contributed by atoms with Crippen molar-refractivity contribution < 1.29 is 18.0 Å². The van der Waals surface area contributed by atoms with E-state index in [4.69, 9.17) is 23.2 Å². The molecule has 180 valence electrons. The highest BCUT2D eigenvalue weighted by atomic mass is 35.5. The highest BCUT2D eigenvalue weighted by molar-refractivity contribution is 7.92. The van der Waals surface area contributed by atoms with Gasteiger partial charge in [0.25, 0.3) is 0 Å². The van der Waals surface area contributed by atoms with Crippen LogP contribution in [0.25, 0.3) is 0 Å². The maximum absolute atomic E-state index is 13.2. The van der Waals surface area contributed by atoms with Gasteiger partial charge >= 0.3 is 0 Å². The molecule has 0 saturated heterocycles. The molecule has 2 rings (SSSR count). The number of hydrogen-bond acceptors (Lipinski definition) is 4. The van der Waals surface area contributed by atoms with Crippen LogP contribution >= 0.6 is 23.2 Å². The minimum Gasteiger partial charge on any atom is -0.355 e. The third-order valence-electron chi connectivity index (χ3n) is 5.07. The van der Waals surface area contributed by atoms with Crippen LogP contribution in [0.15, 0.2) is 48.5 Å². The summed E-state index contributed by atoms with van der Waals surface area (Å²) < 4.78 is 25.8. The van der Waals surface area contributed by atoms with Gasteiger partial charge in [-0.15, -0.1) is 0 Å². The predicted molar refractivity (Wildman–Crippen MR) is 133 cm³/mol. The van der Waals surface area contributed by atoms with Gasteiger partial charge in [-0.3, -0.25) is 13.9 Å². The maximum Gasteiger partial charge on any atom is 0.242 e. The number of rotatable bonds is 11. The minimum atomic E-state index is -3.52. The maximum atomic E-state index is 13.2. The Morgan fingerprint density at radius 1 is 1.09 bits per heavy atom. The Kier molecular flexibility index (Phi) is 10.0. The van der Waals surface area contributed by atoms with E-state index in [0.29, 0.717) is 27.8 Å². The van der Waals surface area contributed by atoms with Crippen molar-refractivity contribution in [3.05, 3.63) is 64.1 Å². The van der Waals surface area contributed by atoms with Gasteiger partial charge in [-0.05, 0) is 50.1 Å². The lowest BCUT2D eigenvalue weighted by molar-refractivity contribution is -0.140. The van der Waals surface area contributed by atoms with Crippen LogP contribution < -0.4 is 9.62 Å². The van der Waals surface area contributed by atoms with E-state index in [2.05, 4.69) is 5.32 Å². The van der Waals surface area contributed by atoms with Crippen molar-refractivity contribution in [3.63, 3.8) is 0 Å². The number of hydrogen-bond donors (Lipinski definition) is 1. The van der Waals surface area contributed by atoms with Crippen LogP contribution in [-0.4, -0.2) is 50.5 Å². The summed E-state index contributed by atoms with van der Waals surface area (Å²) in [6, 6.07) is 13.0. The summed E-state index contributed by atoms with van der Waals surface area (Å²) in [6.45, 7) is 4.16. The molecule has 0 heterocycles. The number of nitrogens with one attached hydrogen (secondary N) is 1. The molecule has 7 nitrogen and oxygen atoms in total. The van der Waals surface area contributed by atoms with Crippen LogP contribution in [0.1, 0.15) is 32.3 Å². The highest BCUT2D eigenvalue weighted by Gasteiger charge is 2.27. The van der Waals surface area contributed by atoms with Crippen molar-refractivity contribution >= 4 is 50.7 Å². The molecule has 0 spiro atoms. The average molecular weight is 514 g/mol. The van der Waals surface area contributed by atoms with E-state index >= 15 is 0 Å². The minimum absolute atomic E-state index is 0.0633. The number of para-hydroxylation sites is 1. The molecule has 0 saturated carbocycles. The van der Waals surface area contributed by atoms with Gasteiger partial charge in [0.1, 0.15) is 6.04 Å². The van der Waals surface area contributed by atoms with Gasteiger partial charge in [-0.2, -0.15) is 0 Å². The van der Waals surface area contributed by atoms with Crippen molar-refractivity contribution in [1.29, 1.82) is 0 Å². The van der Waals surface area contributed by atoms with Crippen molar-refractivity contribution in [2.45, 2.75) is 39.3 Å². The summed E-state index contributed by atoms with van der Waals surface area (Å²) in [4.78, 5) is 27.1. The zero-order chi connectivity index (χ0) is 24.6. The number of sulfonamides is 1. The lowest BCUT2D eigenvalue weighted by Crippen LogP contribution is -2.47. The first-order valence-corrected chi connectivity index (χ1v) is 13.2. The molecule has 0 aliphatic carbocycles. The fourth-order valence-corrected chi connectivity index (χ4v) is 4.77. The van der Waals surface area contributed by atoms with Gasteiger partial charge in [-0.25, -0.2) is 8.42 Å². The zero-order valence-corrected chi connectivity index (χ0v) is 21.3. The summed E-state index contributed by atoms with van der Waals surface area (Å²) in [7, 11) is -3.52. The standard InChI is InChI=1S/C23H29Cl2N3O4S/c1-4-26-23(30)17(2)27(16-18-12-13-19(24)15-21(18)25)22(29)11-8-14-28(33(3,31)32)20-9-6-5-7-10-20/h5-7,9-10,12-13,15,17H,4,8,11,14,16H2,1-3H3,(H,26,30)/t17-/m0/s1. The summed E-state index contributed by atoms with van der Waals surface area (Å²) in [5.74, 6) is -0.556. The SMILES string of the molecule is CCNC(=O)[C@H](C)N(Cc1ccc(Cl)cc1Cl)C(=O)CCCN(c1ccccc1)S(C)(=O)=O. The molecular weight excluding hydrogens is 485 g/mol. The normalized spacial score (nSPS) is 12.2. The summed E-state index contributed by atoms with van der Waals surface area (Å²) in [6.07, 6.45) is 1.48. The largest absolute Gasteiger partial charge is 0.355 e. The van der Waals surface area contributed by atoms with Crippen LogP contribution in [0.4, 0.5) is 5.69 Å². The Hall–Kier alpha value is -2.29. The average Bonchev–Trinajstić information content (AvgIpc) is 2.75. The molecule has 1 N–H and O–H groups in total. The number of likely N-dealkylation sites (N-methyl/N-ethyl adjacent to an activating group) is 1. The molecule has 10 heteroatoms. The third kappa shape index (κ3) is 7.91. The predicted octanol–water partition coefficient (Wildman–Crippen LogP) is 4.09. The van der Waals surface area contributed by atoms with Crippen molar-refractivity contribution in [3.8, 4) is 0 Å². The summed E-state index contributed by atoms with van der Waals surface area (Å²) >= 11 is 12.3. The van der Waals surface area contributed by atoms with Gasteiger partial charge < -0.3 is 10.2 Å². The molecule has 0 aliphatic heterocycles. The van der Waals surface area contributed by atoms with Crippen molar-refractivity contribution in [1.82, 2.24) is 10.2 Å². The van der Waals surface area contributed by atoms with E-state index in [-0.39, 0.29) is 37.7 Å². The molecule has 0 aromatic heterocycles. The number of halogens is 2. The van der Waals surface area contributed by atoms with Gasteiger partial charge in [0.2, 0.25) is 21.8 Å². The summed E-state index contributed by atoms with van der Waals surface area (Å²) in [5.41, 5.74) is 1.19. The number of carbonyl (C=O) groups is 2. The van der Waals surface area contributed by atoms with Crippen LogP contribution in [-0.2, 0) is 26.2 Å². The molecule has 0 aliphatic rings. The molecule has 0 unspecified atom stereocenters. The highest BCUT2D eigenvalue weighted by Crippen LogP contribution is 2.24. The second-order valence-corrected chi connectivity index (χ2v) is 10.4. The van der Waals surface area contributed by atoms with Crippen LogP contribution in [0.2, 0.25) is 10.0 Å². The van der Waals surface area contributed by atoms with Gasteiger partial charge in [0.05, 0.1) is 11.9 Å². The van der Waals surface area contributed by atoms with Crippen LogP contribution in [0, 0.1) is 0 Å². The Morgan fingerprint density at radius 3 is 2.33 bits per heavy atom. The first-order chi connectivity index (χ1) is 15.5. The zero-order valence-electron chi connectivity index (χ0n) is 18.9. The topological polar surface area (TPSA) is 86.8 Å². The van der Waals surface area contributed by atoms with E-state index in [1.54, 1.807) is 62.4 Å². The molecule has 2 aromatic carbocycles. The van der Waals surface area contributed by atoms with E-state index < -0.39 is 16.1 Å². The lowest BCUT2D eigenvalue weighted by atomic mass is 10.1. The molecule has 33 heavy (non-hydrogen) atoms. The Balaban J connectivity index is 2.17. The second-order valence-electron chi connectivity index (χ2n) is 7.60. The van der Waals surface area contributed by atoms with Gasteiger partial charge in [0.15, 0.2) is 0 Å². The van der Waals surface area contributed by atoms with Gasteiger partial charge in [-0.1, -0.05) is 47.5 Å². The number of anilines is 1. The molecule has 2 aromatic rings. The second kappa shape index (κ2) is 12.3. The lowest BCUT2D eigenvalue weighted by Gasteiger charge is -2.29. The number of nitrogens with zero attached hydrogens (tertiary/aromatic N) is 2. The van der Waals surface area contributed by atoms with Gasteiger partial charge in [0, 0.05) is 36.1 Å². The fraction of sp³-hybridized carbons (Fsp3) is 0.391. The Bertz CT molecular complexity index is 1060. The first kappa shape index (κ1) is 27.0. The molecule has 1 atom stereocenters. The van der Waals surface area contributed by atoms with E-state index in [0.717, 1.165) is 6.26 Å².